The monoisotopic (exact) mass is 595 g/mol. The van der Waals surface area contributed by atoms with Crippen LogP contribution in [0.25, 0.3) is 16.7 Å². The topological polar surface area (TPSA) is 102 Å². The van der Waals surface area contributed by atoms with Crippen LogP contribution in [0.5, 0.6) is 0 Å². The highest BCUT2D eigenvalue weighted by Gasteiger charge is 2.30. The van der Waals surface area contributed by atoms with Crippen molar-refractivity contribution in [3.63, 3.8) is 0 Å². The molecule has 2 aromatic carbocycles. The molecule has 222 valence electrons. The molecule has 5 rings (SSSR count). The van der Waals surface area contributed by atoms with Crippen LogP contribution in [0.3, 0.4) is 0 Å². The number of pyridine rings is 2. The molecule has 7 nitrogen and oxygen atoms in total. The van der Waals surface area contributed by atoms with E-state index in [0.717, 1.165) is 17.7 Å². The van der Waals surface area contributed by atoms with Gasteiger partial charge >= 0.3 is 6.18 Å². The molecule has 0 aliphatic heterocycles. The number of aromatic nitrogens is 4. The van der Waals surface area contributed by atoms with Gasteiger partial charge in [0.15, 0.2) is 5.65 Å². The summed E-state index contributed by atoms with van der Waals surface area (Å²) in [4.78, 5) is 40.5. The zero-order valence-corrected chi connectivity index (χ0v) is 23.8. The number of carbonyl (C=O) groups is 1. The molecule has 5 aromatic rings. The molecule has 1 unspecified atom stereocenters. The van der Waals surface area contributed by atoms with E-state index in [0.29, 0.717) is 40.9 Å². The second kappa shape index (κ2) is 13.0. The van der Waals surface area contributed by atoms with Gasteiger partial charge in [0.1, 0.15) is 11.6 Å². The summed E-state index contributed by atoms with van der Waals surface area (Å²) in [6.07, 6.45) is 1.81. The summed E-state index contributed by atoms with van der Waals surface area (Å²) in [5, 5.41) is 9.61. The number of hydrogen-bond acceptors (Lipinski definition) is 6. The number of halogens is 3. The maximum Gasteiger partial charge on any atom is 0.416 e. The molecule has 10 heteroatoms. The molecule has 0 aliphatic rings. The summed E-state index contributed by atoms with van der Waals surface area (Å²) >= 11 is 0. The first kappa shape index (κ1) is 30.3. The molecular formula is C34H28F3N5O2. The number of ketones is 1. The van der Waals surface area contributed by atoms with E-state index in [-0.39, 0.29) is 35.7 Å². The number of benzene rings is 2. The molecule has 3 heterocycles. The number of alkyl halides is 3. The van der Waals surface area contributed by atoms with Gasteiger partial charge in [-0.05, 0) is 84.5 Å². The molecule has 0 amide bonds. The lowest BCUT2D eigenvalue weighted by molar-refractivity contribution is -0.137. The molecule has 0 N–H and O–H groups in total. The Morgan fingerprint density at radius 3 is 2.36 bits per heavy atom. The van der Waals surface area contributed by atoms with Crippen LogP contribution >= 0.6 is 0 Å². The van der Waals surface area contributed by atoms with Crippen molar-refractivity contribution in [2.45, 2.75) is 44.7 Å². The molecular weight excluding hydrogens is 567 g/mol. The van der Waals surface area contributed by atoms with Crippen molar-refractivity contribution < 1.29 is 18.0 Å². The van der Waals surface area contributed by atoms with Crippen LogP contribution in [-0.2, 0) is 23.8 Å². The van der Waals surface area contributed by atoms with E-state index in [1.165, 1.54) is 16.7 Å². The number of nitrogens with zero attached hydrogens (tertiary/aromatic N) is 5. The number of hydrogen-bond donors (Lipinski definition) is 0. The third kappa shape index (κ3) is 6.89. The van der Waals surface area contributed by atoms with Crippen LogP contribution in [0.1, 0.15) is 53.8 Å². The number of rotatable bonds is 10. The van der Waals surface area contributed by atoms with Crippen LogP contribution in [0.2, 0.25) is 0 Å². The van der Waals surface area contributed by atoms with Gasteiger partial charge in [-0.1, -0.05) is 25.1 Å². The SMILES string of the molecule is C[C@H](c1nc2ncccc2c(=O)n1-c1ccc(C#N)cc1)C(CCc1cccnc1)CC(=O)Cc1ccc(C(F)(F)F)cc1. The van der Waals surface area contributed by atoms with E-state index in [1.807, 2.05) is 19.1 Å². The second-order valence-corrected chi connectivity index (χ2v) is 10.7. The minimum absolute atomic E-state index is 0.0244. The summed E-state index contributed by atoms with van der Waals surface area (Å²) in [5.41, 5.74) is 1.63. The van der Waals surface area contributed by atoms with Gasteiger partial charge in [-0.15, -0.1) is 0 Å². The minimum atomic E-state index is -4.46. The van der Waals surface area contributed by atoms with E-state index in [4.69, 9.17) is 4.98 Å². The molecule has 0 bridgehead atoms. The Kier molecular flexibility index (Phi) is 8.95. The summed E-state index contributed by atoms with van der Waals surface area (Å²) in [5.74, 6) is -0.406. The Balaban J connectivity index is 1.51. The predicted molar refractivity (Wildman–Crippen MR) is 159 cm³/mol. The number of fused-ring (bicyclic) bond motifs is 1. The predicted octanol–water partition coefficient (Wildman–Crippen LogP) is 6.62. The average Bonchev–Trinajstić information content (AvgIpc) is 3.03. The third-order valence-electron chi connectivity index (χ3n) is 7.74. The standard InChI is InChI=1S/C34H28F3N5O2/c1-22(32-41-31-30(5-3-17-40-31)33(44)42(32)28-14-9-24(20-38)10-15-28)26(11-6-25-4-2-16-39-21-25)19-29(43)18-23-7-12-27(13-8-23)34(35,36)37/h2-5,7-10,12-17,21-22,26H,6,11,18-19H2,1H3/t22-,26?/m0/s1. The fourth-order valence-electron chi connectivity index (χ4n) is 5.32. The fourth-order valence-corrected chi connectivity index (χ4v) is 5.32. The highest BCUT2D eigenvalue weighted by atomic mass is 19.4. The zero-order chi connectivity index (χ0) is 31.3. The highest BCUT2D eigenvalue weighted by molar-refractivity contribution is 5.81. The van der Waals surface area contributed by atoms with Gasteiger partial charge in [-0.2, -0.15) is 18.4 Å². The van der Waals surface area contributed by atoms with Gasteiger partial charge in [-0.3, -0.25) is 19.1 Å². The Hall–Kier alpha value is -5.17. The first-order valence-corrected chi connectivity index (χ1v) is 14.1. The van der Waals surface area contributed by atoms with Gasteiger partial charge < -0.3 is 0 Å². The van der Waals surface area contributed by atoms with Gasteiger partial charge in [0.05, 0.1) is 28.3 Å². The first-order chi connectivity index (χ1) is 21.1. The average molecular weight is 596 g/mol. The van der Waals surface area contributed by atoms with Crippen LogP contribution in [0.4, 0.5) is 13.2 Å². The Morgan fingerprint density at radius 1 is 0.977 bits per heavy atom. The smallest absolute Gasteiger partial charge is 0.299 e. The molecule has 3 aromatic heterocycles. The summed E-state index contributed by atoms with van der Waals surface area (Å²) < 4.78 is 40.6. The molecule has 0 fully saturated rings. The maximum atomic E-state index is 13.8. The molecule has 0 saturated carbocycles. The van der Waals surface area contributed by atoms with E-state index < -0.39 is 17.7 Å². The first-order valence-electron chi connectivity index (χ1n) is 14.1. The second-order valence-electron chi connectivity index (χ2n) is 10.7. The molecule has 0 aliphatic carbocycles. The van der Waals surface area contributed by atoms with Crippen LogP contribution in [-0.4, -0.2) is 25.3 Å². The number of Topliss-reactive ketones (excluding diaryl/α,β-unsaturated/α-hetero) is 1. The van der Waals surface area contributed by atoms with Crippen molar-refractivity contribution in [3.8, 4) is 11.8 Å². The van der Waals surface area contributed by atoms with Gasteiger partial charge in [0, 0.05) is 37.4 Å². The van der Waals surface area contributed by atoms with Gasteiger partial charge in [-0.25, -0.2) is 9.97 Å². The summed E-state index contributed by atoms with van der Waals surface area (Å²) in [7, 11) is 0. The van der Waals surface area contributed by atoms with Crippen LogP contribution in [0.15, 0.2) is 96.2 Å². The minimum Gasteiger partial charge on any atom is -0.299 e. The Labute approximate surface area is 251 Å². The third-order valence-corrected chi connectivity index (χ3v) is 7.74. The van der Waals surface area contributed by atoms with Crippen molar-refractivity contribution in [3.05, 3.63) is 130 Å². The maximum absolute atomic E-state index is 13.8. The Bertz CT molecular complexity index is 1860. The van der Waals surface area contributed by atoms with Crippen LogP contribution in [0, 0.1) is 17.2 Å². The zero-order valence-electron chi connectivity index (χ0n) is 23.8. The van der Waals surface area contributed by atoms with Gasteiger partial charge in [0.2, 0.25) is 0 Å². The number of carbonyl (C=O) groups excluding carboxylic acids is 1. The van der Waals surface area contributed by atoms with Crippen molar-refractivity contribution in [2.24, 2.45) is 5.92 Å². The van der Waals surface area contributed by atoms with Crippen molar-refractivity contribution in [1.29, 1.82) is 5.26 Å². The summed E-state index contributed by atoms with van der Waals surface area (Å²) in [6.45, 7) is 1.91. The fraction of sp³-hybridized carbons (Fsp3) is 0.235. The lowest BCUT2D eigenvalue weighted by atomic mass is 9.83. The van der Waals surface area contributed by atoms with E-state index in [1.54, 1.807) is 55.0 Å². The quantitative estimate of drug-likeness (QED) is 0.180. The molecule has 0 saturated heterocycles. The molecule has 0 radical (unpaired) electrons. The summed E-state index contributed by atoms with van der Waals surface area (Å²) in [6, 6.07) is 20.4. The Morgan fingerprint density at radius 2 is 1.70 bits per heavy atom. The van der Waals surface area contributed by atoms with E-state index in [9.17, 15) is 28.0 Å². The van der Waals surface area contributed by atoms with Crippen LogP contribution < -0.4 is 5.56 Å². The number of nitriles is 1. The van der Waals surface area contributed by atoms with E-state index in [2.05, 4.69) is 16.0 Å². The molecule has 0 spiro atoms. The highest BCUT2D eigenvalue weighted by Crippen LogP contribution is 2.33. The van der Waals surface area contributed by atoms with Crippen molar-refractivity contribution in [1.82, 2.24) is 19.5 Å². The normalized spacial score (nSPS) is 12.9. The van der Waals surface area contributed by atoms with Gasteiger partial charge in [0.25, 0.3) is 5.56 Å². The van der Waals surface area contributed by atoms with Crippen molar-refractivity contribution >= 4 is 16.8 Å². The number of aryl methyl sites for hydroxylation is 1. The van der Waals surface area contributed by atoms with Crippen molar-refractivity contribution in [2.75, 3.05) is 0 Å². The van der Waals surface area contributed by atoms with E-state index >= 15 is 0 Å². The molecule has 44 heavy (non-hydrogen) atoms. The lowest BCUT2D eigenvalue weighted by Crippen LogP contribution is -2.28. The largest absolute Gasteiger partial charge is 0.416 e. The lowest BCUT2D eigenvalue weighted by Gasteiger charge is -2.26. The molecule has 2 atom stereocenters.